The molecule has 0 unspecified atom stereocenters. The molecule has 8 heteroatoms. The van der Waals surface area contributed by atoms with Crippen LogP contribution in [0.1, 0.15) is 35.8 Å². The minimum Gasteiger partial charge on any atom is -0.497 e. The number of carbonyl (C=O) groups is 1. The van der Waals surface area contributed by atoms with Crippen LogP contribution in [0, 0.1) is 0 Å². The Kier molecular flexibility index (Phi) is 6.43. The maximum absolute atomic E-state index is 13.2. The number of hydrogen-bond donors (Lipinski definition) is 1. The van der Waals surface area contributed by atoms with E-state index in [1.54, 1.807) is 23.0 Å². The largest absolute Gasteiger partial charge is 0.497 e. The number of nitrogens with zero attached hydrogens (tertiary/aromatic N) is 2. The van der Waals surface area contributed by atoms with Crippen LogP contribution in [0.3, 0.4) is 0 Å². The van der Waals surface area contributed by atoms with E-state index in [-0.39, 0.29) is 17.2 Å². The Hall–Kier alpha value is -2.32. The molecule has 1 amide bonds. The van der Waals surface area contributed by atoms with Gasteiger partial charge in [0.2, 0.25) is 5.91 Å². The zero-order chi connectivity index (χ0) is 21.1. The summed E-state index contributed by atoms with van der Waals surface area (Å²) in [7, 11) is 1.62. The smallest absolute Gasteiger partial charge is 0.263 e. The molecule has 158 valence electrons. The number of carbonyl (C=O) groups excluding carboxylic acids is 1. The molecule has 30 heavy (non-hydrogen) atoms. The minimum atomic E-state index is -0.0890. The maximum atomic E-state index is 13.2. The Morgan fingerprint density at radius 2 is 2.23 bits per heavy atom. The number of fused-ring (bicyclic) bond motifs is 3. The Labute approximate surface area is 183 Å². The van der Waals surface area contributed by atoms with E-state index in [1.807, 2.05) is 31.2 Å². The number of thiophene rings is 1. The lowest BCUT2D eigenvalue weighted by molar-refractivity contribution is -0.118. The Bertz CT molecular complexity index is 1140. The number of thioether (sulfide) groups is 1. The van der Waals surface area contributed by atoms with Crippen LogP contribution >= 0.6 is 23.1 Å². The number of aryl methyl sites for hydroxylation is 2. The summed E-state index contributed by atoms with van der Waals surface area (Å²) in [5.74, 6) is 0.894. The van der Waals surface area contributed by atoms with Gasteiger partial charge in [0.25, 0.3) is 5.56 Å². The quantitative estimate of drug-likeness (QED) is 0.424. The first kappa shape index (κ1) is 20.9. The average Bonchev–Trinajstić information content (AvgIpc) is 3.34. The second-order valence-electron chi connectivity index (χ2n) is 7.31. The molecule has 3 aromatic rings. The van der Waals surface area contributed by atoms with Crippen molar-refractivity contribution in [1.82, 2.24) is 14.9 Å². The SMILES string of the molecule is CCCn1c(SCC(=O)NCc2cccc(OC)c2)nc2sc3c(c2c1=O)CCC3. The highest BCUT2D eigenvalue weighted by molar-refractivity contribution is 7.99. The number of rotatable bonds is 8. The maximum Gasteiger partial charge on any atom is 0.263 e. The number of benzene rings is 1. The molecule has 4 rings (SSSR count). The summed E-state index contributed by atoms with van der Waals surface area (Å²) in [5, 5.41) is 4.36. The van der Waals surface area contributed by atoms with Crippen molar-refractivity contribution in [2.75, 3.05) is 12.9 Å². The molecule has 2 aromatic heterocycles. The van der Waals surface area contributed by atoms with Crippen LogP contribution < -0.4 is 15.6 Å². The highest BCUT2D eigenvalue weighted by Crippen LogP contribution is 2.35. The van der Waals surface area contributed by atoms with Crippen LogP contribution in [0.4, 0.5) is 0 Å². The molecular formula is C22H25N3O3S2. The van der Waals surface area contributed by atoms with Crippen LogP contribution in [0.2, 0.25) is 0 Å². The van der Waals surface area contributed by atoms with Gasteiger partial charge in [-0.25, -0.2) is 4.98 Å². The van der Waals surface area contributed by atoms with E-state index in [9.17, 15) is 9.59 Å². The van der Waals surface area contributed by atoms with Crippen LogP contribution in [0.15, 0.2) is 34.2 Å². The second-order valence-corrected chi connectivity index (χ2v) is 9.33. The lowest BCUT2D eigenvalue weighted by Crippen LogP contribution is -2.26. The van der Waals surface area contributed by atoms with Gasteiger partial charge < -0.3 is 10.1 Å². The van der Waals surface area contributed by atoms with Crippen molar-refractivity contribution < 1.29 is 9.53 Å². The molecular weight excluding hydrogens is 418 g/mol. The van der Waals surface area contributed by atoms with Gasteiger partial charge in [0.1, 0.15) is 10.6 Å². The molecule has 6 nitrogen and oxygen atoms in total. The third-order valence-corrected chi connectivity index (χ3v) is 7.36. The lowest BCUT2D eigenvalue weighted by Gasteiger charge is -2.11. The number of amides is 1. The molecule has 0 aliphatic heterocycles. The summed E-state index contributed by atoms with van der Waals surface area (Å²) in [6, 6.07) is 7.62. The molecule has 2 heterocycles. The number of methoxy groups -OCH3 is 1. The van der Waals surface area contributed by atoms with Crippen molar-refractivity contribution in [3.05, 3.63) is 50.6 Å². The predicted octanol–water partition coefficient (Wildman–Crippen LogP) is 3.77. The number of hydrogen-bond acceptors (Lipinski definition) is 6. The van der Waals surface area contributed by atoms with E-state index in [2.05, 4.69) is 5.32 Å². The van der Waals surface area contributed by atoms with Gasteiger partial charge in [0.05, 0.1) is 18.2 Å². The standard InChI is InChI=1S/C22H25N3O3S2/c1-3-10-25-21(27)19-16-8-5-9-17(16)30-20(19)24-22(25)29-13-18(26)23-12-14-6-4-7-15(11-14)28-2/h4,6-7,11H,3,5,8-10,12-13H2,1-2H3,(H,23,26). The van der Waals surface area contributed by atoms with Gasteiger partial charge in [-0.3, -0.25) is 14.2 Å². The lowest BCUT2D eigenvalue weighted by atomic mass is 10.2. The summed E-state index contributed by atoms with van der Waals surface area (Å²) >= 11 is 2.97. The summed E-state index contributed by atoms with van der Waals surface area (Å²) in [4.78, 5) is 32.5. The average molecular weight is 444 g/mol. The van der Waals surface area contributed by atoms with Crippen molar-refractivity contribution >= 4 is 39.2 Å². The van der Waals surface area contributed by atoms with Crippen LogP contribution in [-0.4, -0.2) is 28.3 Å². The van der Waals surface area contributed by atoms with Crippen molar-refractivity contribution in [2.24, 2.45) is 0 Å². The predicted molar refractivity (Wildman–Crippen MR) is 122 cm³/mol. The molecule has 0 radical (unpaired) electrons. The zero-order valence-corrected chi connectivity index (χ0v) is 18.8. The van der Waals surface area contributed by atoms with Gasteiger partial charge in [-0.1, -0.05) is 30.8 Å². The van der Waals surface area contributed by atoms with E-state index in [1.165, 1.54) is 22.2 Å². The normalized spacial score (nSPS) is 12.9. The first-order valence-electron chi connectivity index (χ1n) is 10.2. The van der Waals surface area contributed by atoms with Gasteiger partial charge in [-0.2, -0.15) is 0 Å². The minimum absolute atomic E-state index is 0.0422. The van der Waals surface area contributed by atoms with Gasteiger partial charge >= 0.3 is 0 Å². The van der Waals surface area contributed by atoms with Crippen LogP contribution in [0.5, 0.6) is 5.75 Å². The van der Waals surface area contributed by atoms with Gasteiger partial charge in [0, 0.05) is 18.0 Å². The Morgan fingerprint density at radius 1 is 1.37 bits per heavy atom. The topological polar surface area (TPSA) is 73.2 Å². The molecule has 0 spiro atoms. The molecule has 1 aliphatic rings. The second kappa shape index (κ2) is 9.22. The monoisotopic (exact) mass is 443 g/mol. The molecule has 1 aliphatic carbocycles. The van der Waals surface area contributed by atoms with Crippen molar-refractivity contribution in [1.29, 1.82) is 0 Å². The van der Waals surface area contributed by atoms with E-state index < -0.39 is 0 Å². The van der Waals surface area contributed by atoms with Gasteiger partial charge in [-0.15, -0.1) is 11.3 Å². The molecule has 1 N–H and O–H groups in total. The fourth-order valence-electron chi connectivity index (χ4n) is 3.75. The molecule has 1 aromatic carbocycles. The van der Waals surface area contributed by atoms with E-state index in [0.717, 1.165) is 47.2 Å². The molecule has 0 saturated carbocycles. The molecule has 0 bridgehead atoms. The summed E-state index contributed by atoms with van der Waals surface area (Å²) in [5.41, 5.74) is 2.22. The Morgan fingerprint density at radius 3 is 3.03 bits per heavy atom. The van der Waals surface area contributed by atoms with Gasteiger partial charge in [-0.05, 0) is 48.9 Å². The highest BCUT2D eigenvalue weighted by Gasteiger charge is 2.23. The number of nitrogens with one attached hydrogen (secondary N) is 1. The third kappa shape index (κ3) is 4.25. The fraction of sp³-hybridized carbons (Fsp3) is 0.409. The summed E-state index contributed by atoms with van der Waals surface area (Å²) in [6.45, 7) is 3.09. The molecule has 0 atom stereocenters. The van der Waals surface area contributed by atoms with Crippen molar-refractivity contribution in [3.8, 4) is 5.75 Å². The summed E-state index contributed by atoms with van der Waals surface area (Å²) < 4.78 is 6.96. The van der Waals surface area contributed by atoms with Crippen molar-refractivity contribution in [3.63, 3.8) is 0 Å². The first-order valence-corrected chi connectivity index (χ1v) is 12.0. The first-order chi connectivity index (χ1) is 14.6. The fourth-order valence-corrected chi connectivity index (χ4v) is 5.91. The van der Waals surface area contributed by atoms with E-state index >= 15 is 0 Å². The summed E-state index contributed by atoms with van der Waals surface area (Å²) in [6.07, 6.45) is 3.97. The highest BCUT2D eigenvalue weighted by atomic mass is 32.2. The van der Waals surface area contributed by atoms with Crippen molar-refractivity contribution in [2.45, 2.75) is 50.9 Å². The Balaban J connectivity index is 1.48. The third-order valence-electron chi connectivity index (χ3n) is 5.19. The molecule has 0 fully saturated rings. The number of aromatic nitrogens is 2. The van der Waals surface area contributed by atoms with E-state index in [0.29, 0.717) is 18.2 Å². The molecule has 0 saturated heterocycles. The van der Waals surface area contributed by atoms with Crippen LogP contribution in [-0.2, 0) is 30.7 Å². The van der Waals surface area contributed by atoms with E-state index in [4.69, 9.17) is 9.72 Å². The van der Waals surface area contributed by atoms with Crippen LogP contribution in [0.25, 0.3) is 10.2 Å². The number of ether oxygens (including phenoxy) is 1. The van der Waals surface area contributed by atoms with Gasteiger partial charge in [0.15, 0.2) is 5.16 Å². The zero-order valence-electron chi connectivity index (χ0n) is 17.2.